The van der Waals surface area contributed by atoms with Crippen LogP contribution in [0.2, 0.25) is 0 Å². The van der Waals surface area contributed by atoms with Crippen LogP contribution in [0.1, 0.15) is 39.2 Å². The Hall–Kier alpha value is -0.960. The summed E-state index contributed by atoms with van der Waals surface area (Å²) in [4.78, 5) is 0. The van der Waals surface area contributed by atoms with Crippen molar-refractivity contribution >= 4 is 0 Å². The summed E-state index contributed by atoms with van der Waals surface area (Å²) < 4.78 is 25.9. The molecular weight excluding hydrogens is 220 g/mol. The lowest BCUT2D eigenvalue weighted by atomic mass is 10.0. The molecular formula is C14H21F2N. The van der Waals surface area contributed by atoms with Gasteiger partial charge in [-0.15, -0.1) is 0 Å². The average Bonchev–Trinajstić information content (AvgIpc) is 2.25. The summed E-state index contributed by atoms with van der Waals surface area (Å²) in [6.45, 7) is 6.98. The molecule has 0 heterocycles. The standard InChI is InChI=1S/C14H21F2N/c1-4-10(2)5-11(3)17-9-12-6-13(15)8-14(16)7-12/h6-8,10-11,17H,4-5,9H2,1-3H3. The molecule has 0 fully saturated rings. The third-order valence-corrected chi connectivity index (χ3v) is 3.03. The topological polar surface area (TPSA) is 12.0 Å². The van der Waals surface area contributed by atoms with E-state index < -0.39 is 11.6 Å². The molecule has 96 valence electrons. The van der Waals surface area contributed by atoms with Gasteiger partial charge in [-0.25, -0.2) is 8.78 Å². The van der Waals surface area contributed by atoms with Gasteiger partial charge in [0, 0.05) is 18.7 Å². The Balaban J connectivity index is 2.44. The van der Waals surface area contributed by atoms with E-state index in [0.717, 1.165) is 18.9 Å². The number of rotatable bonds is 6. The van der Waals surface area contributed by atoms with Crippen molar-refractivity contribution in [1.82, 2.24) is 5.32 Å². The molecule has 0 saturated heterocycles. The highest BCUT2D eigenvalue weighted by molar-refractivity contribution is 5.17. The molecule has 1 aromatic carbocycles. The Morgan fingerprint density at radius 3 is 2.24 bits per heavy atom. The summed E-state index contributed by atoms with van der Waals surface area (Å²) in [7, 11) is 0. The van der Waals surface area contributed by atoms with Gasteiger partial charge in [0.15, 0.2) is 0 Å². The van der Waals surface area contributed by atoms with E-state index in [2.05, 4.69) is 26.1 Å². The van der Waals surface area contributed by atoms with Gasteiger partial charge in [0.1, 0.15) is 11.6 Å². The predicted octanol–water partition coefficient (Wildman–Crippen LogP) is 3.88. The summed E-state index contributed by atoms with van der Waals surface area (Å²) in [5.41, 5.74) is 0.651. The number of halogens is 2. The van der Waals surface area contributed by atoms with E-state index in [-0.39, 0.29) is 0 Å². The molecule has 0 radical (unpaired) electrons. The van der Waals surface area contributed by atoms with Crippen LogP contribution in [0.3, 0.4) is 0 Å². The van der Waals surface area contributed by atoms with Gasteiger partial charge in [-0.3, -0.25) is 0 Å². The first kappa shape index (κ1) is 14.1. The Morgan fingerprint density at radius 2 is 1.71 bits per heavy atom. The van der Waals surface area contributed by atoms with E-state index in [9.17, 15) is 8.78 Å². The van der Waals surface area contributed by atoms with Crippen LogP contribution in [0.5, 0.6) is 0 Å². The smallest absolute Gasteiger partial charge is 0.126 e. The van der Waals surface area contributed by atoms with Gasteiger partial charge >= 0.3 is 0 Å². The van der Waals surface area contributed by atoms with Crippen LogP contribution in [-0.2, 0) is 6.54 Å². The zero-order valence-electron chi connectivity index (χ0n) is 10.8. The highest BCUT2D eigenvalue weighted by atomic mass is 19.1. The lowest BCUT2D eigenvalue weighted by molar-refractivity contribution is 0.411. The maximum Gasteiger partial charge on any atom is 0.126 e. The van der Waals surface area contributed by atoms with Gasteiger partial charge < -0.3 is 5.32 Å². The fraction of sp³-hybridized carbons (Fsp3) is 0.571. The van der Waals surface area contributed by atoms with E-state index in [1.807, 2.05) is 0 Å². The monoisotopic (exact) mass is 241 g/mol. The lowest BCUT2D eigenvalue weighted by Crippen LogP contribution is -2.27. The quantitative estimate of drug-likeness (QED) is 0.797. The molecule has 1 aromatic rings. The Labute approximate surface area is 102 Å². The van der Waals surface area contributed by atoms with Crippen molar-refractivity contribution in [3.05, 3.63) is 35.4 Å². The first-order valence-electron chi connectivity index (χ1n) is 6.19. The molecule has 17 heavy (non-hydrogen) atoms. The number of hydrogen-bond acceptors (Lipinski definition) is 1. The number of nitrogens with one attached hydrogen (secondary N) is 1. The van der Waals surface area contributed by atoms with Gasteiger partial charge in [-0.2, -0.15) is 0 Å². The third kappa shape index (κ3) is 5.26. The zero-order valence-corrected chi connectivity index (χ0v) is 10.8. The Bertz CT molecular complexity index is 332. The van der Waals surface area contributed by atoms with Gasteiger partial charge in [-0.05, 0) is 37.0 Å². The van der Waals surface area contributed by atoms with Gasteiger partial charge in [0.25, 0.3) is 0 Å². The molecule has 0 saturated carbocycles. The minimum Gasteiger partial charge on any atom is -0.310 e. The normalized spacial score (nSPS) is 14.6. The molecule has 1 rings (SSSR count). The second-order valence-corrected chi connectivity index (χ2v) is 4.81. The molecule has 0 bridgehead atoms. The lowest BCUT2D eigenvalue weighted by Gasteiger charge is -2.17. The molecule has 0 aliphatic carbocycles. The maximum absolute atomic E-state index is 12.9. The average molecular weight is 241 g/mol. The first-order valence-corrected chi connectivity index (χ1v) is 6.19. The highest BCUT2D eigenvalue weighted by Gasteiger charge is 2.07. The van der Waals surface area contributed by atoms with Crippen molar-refractivity contribution in [1.29, 1.82) is 0 Å². The van der Waals surface area contributed by atoms with Crippen LogP contribution in [-0.4, -0.2) is 6.04 Å². The summed E-state index contributed by atoms with van der Waals surface area (Å²) in [5, 5.41) is 3.29. The highest BCUT2D eigenvalue weighted by Crippen LogP contribution is 2.11. The van der Waals surface area contributed by atoms with Crippen molar-refractivity contribution < 1.29 is 8.78 Å². The fourth-order valence-electron chi connectivity index (χ4n) is 1.86. The molecule has 2 atom stereocenters. The van der Waals surface area contributed by atoms with E-state index in [1.165, 1.54) is 12.1 Å². The molecule has 0 aliphatic heterocycles. The summed E-state index contributed by atoms with van der Waals surface area (Å²) in [5.74, 6) is -0.366. The van der Waals surface area contributed by atoms with Crippen LogP contribution in [0, 0.1) is 17.6 Å². The Morgan fingerprint density at radius 1 is 1.12 bits per heavy atom. The molecule has 1 N–H and O–H groups in total. The molecule has 0 amide bonds. The third-order valence-electron chi connectivity index (χ3n) is 3.03. The van der Waals surface area contributed by atoms with Crippen LogP contribution in [0.4, 0.5) is 8.78 Å². The predicted molar refractivity (Wildman–Crippen MR) is 66.7 cm³/mol. The van der Waals surface area contributed by atoms with Gasteiger partial charge in [0.2, 0.25) is 0 Å². The van der Waals surface area contributed by atoms with Crippen molar-refractivity contribution in [2.45, 2.75) is 46.2 Å². The fourth-order valence-corrected chi connectivity index (χ4v) is 1.86. The largest absolute Gasteiger partial charge is 0.310 e. The SMILES string of the molecule is CCC(C)CC(C)NCc1cc(F)cc(F)c1. The summed E-state index contributed by atoms with van der Waals surface area (Å²) in [6, 6.07) is 3.99. The van der Waals surface area contributed by atoms with Crippen molar-refractivity contribution in [3.63, 3.8) is 0 Å². The van der Waals surface area contributed by atoms with E-state index in [1.54, 1.807) is 0 Å². The summed E-state index contributed by atoms with van der Waals surface area (Å²) in [6.07, 6.45) is 2.23. The van der Waals surface area contributed by atoms with Crippen molar-refractivity contribution in [2.24, 2.45) is 5.92 Å². The zero-order chi connectivity index (χ0) is 12.8. The number of hydrogen-bond donors (Lipinski definition) is 1. The van der Waals surface area contributed by atoms with Crippen molar-refractivity contribution in [2.75, 3.05) is 0 Å². The Kier molecular flexibility index (Phi) is 5.56. The van der Waals surface area contributed by atoms with Crippen LogP contribution in [0.25, 0.3) is 0 Å². The molecule has 0 aromatic heterocycles. The minimum atomic E-state index is -0.517. The first-order chi connectivity index (χ1) is 8.01. The molecule has 0 aliphatic rings. The van der Waals surface area contributed by atoms with E-state index in [0.29, 0.717) is 24.1 Å². The molecule has 0 spiro atoms. The van der Waals surface area contributed by atoms with Gasteiger partial charge in [-0.1, -0.05) is 20.3 Å². The number of benzene rings is 1. The van der Waals surface area contributed by atoms with Crippen LogP contribution < -0.4 is 5.32 Å². The van der Waals surface area contributed by atoms with Crippen LogP contribution in [0.15, 0.2) is 18.2 Å². The maximum atomic E-state index is 12.9. The van der Waals surface area contributed by atoms with Crippen molar-refractivity contribution in [3.8, 4) is 0 Å². The second kappa shape index (κ2) is 6.70. The second-order valence-electron chi connectivity index (χ2n) is 4.81. The minimum absolute atomic E-state index is 0.358. The van der Waals surface area contributed by atoms with Crippen LogP contribution >= 0.6 is 0 Å². The van der Waals surface area contributed by atoms with E-state index in [4.69, 9.17) is 0 Å². The summed E-state index contributed by atoms with van der Waals surface area (Å²) >= 11 is 0. The molecule has 1 nitrogen and oxygen atoms in total. The van der Waals surface area contributed by atoms with E-state index >= 15 is 0 Å². The molecule has 2 unspecified atom stereocenters. The molecule has 3 heteroatoms. The van der Waals surface area contributed by atoms with Gasteiger partial charge in [0.05, 0.1) is 0 Å².